The number of benzene rings is 1. The van der Waals surface area contributed by atoms with Crippen LogP contribution in [0.15, 0.2) is 18.2 Å². The Labute approximate surface area is 107 Å². The first kappa shape index (κ1) is 15.4. The fourth-order valence-electron chi connectivity index (χ4n) is 1.32. The minimum atomic E-state index is -4.60. The van der Waals surface area contributed by atoms with E-state index < -0.39 is 35.2 Å². The first-order valence-corrected chi connectivity index (χ1v) is 5.56. The molecule has 0 saturated carbocycles. The van der Waals surface area contributed by atoms with Gasteiger partial charge >= 0.3 is 6.18 Å². The van der Waals surface area contributed by atoms with Crippen molar-refractivity contribution in [1.82, 2.24) is 0 Å². The Morgan fingerprint density at radius 2 is 1.89 bits per heavy atom. The van der Waals surface area contributed by atoms with Gasteiger partial charge in [0, 0.05) is 0 Å². The monoisotopic (exact) mass is 278 g/mol. The van der Waals surface area contributed by atoms with Crippen molar-refractivity contribution in [1.29, 1.82) is 0 Å². The van der Waals surface area contributed by atoms with E-state index in [0.29, 0.717) is 18.2 Å². The van der Waals surface area contributed by atoms with Crippen LogP contribution in [0.1, 0.15) is 19.4 Å². The van der Waals surface area contributed by atoms with Crippen molar-refractivity contribution in [3.05, 3.63) is 29.6 Å². The highest BCUT2D eigenvalue weighted by atomic mass is 19.4. The van der Waals surface area contributed by atoms with Crippen LogP contribution in [0.2, 0.25) is 0 Å². The zero-order valence-electron chi connectivity index (χ0n) is 10.4. The first-order valence-electron chi connectivity index (χ1n) is 5.56. The Morgan fingerprint density at radius 1 is 1.32 bits per heavy atom. The third-order valence-corrected chi connectivity index (χ3v) is 2.57. The maximum absolute atomic E-state index is 13.4. The number of halogens is 4. The average Bonchev–Trinajstić information content (AvgIpc) is 2.29. The van der Waals surface area contributed by atoms with Crippen LogP contribution < -0.4 is 11.1 Å². The summed E-state index contributed by atoms with van der Waals surface area (Å²) in [6.07, 6.45) is -4.60. The van der Waals surface area contributed by atoms with E-state index in [1.54, 1.807) is 13.8 Å². The first-order chi connectivity index (χ1) is 8.62. The lowest BCUT2D eigenvalue weighted by Gasteiger charge is -2.16. The third-order valence-electron chi connectivity index (χ3n) is 2.57. The summed E-state index contributed by atoms with van der Waals surface area (Å²) in [5.41, 5.74) is 3.95. The molecule has 3 nitrogen and oxygen atoms in total. The van der Waals surface area contributed by atoms with Crippen LogP contribution >= 0.6 is 0 Å². The minimum absolute atomic E-state index is 0.214. The number of nitrogens with two attached hydrogens (primary N) is 1. The van der Waals surface area contributed by atoms with Gasteiger partial charge in [-0.15, -0.1) is 0 Å². The van der Waals surface area contributed by atoms with Crippen molar-refractivity contribution in [2.75, 3.05) is 5.32 Å². The van der Waals surface area contributed by atoms with Crippen LogP contribution in [0.25, 0.3) is 0 Å². The van der Waals surface area contributed by atoms with Gasteiger partial charge in [0.1, 0.15) is 5.82 Å². The maximum Gasteiger partial charge on any atom is 0.416 e. The van der Waals surface area contributed by atoms with Crippen LogP contribution in [0.4, 0.5) is 23.2 Å². The van der Waals surface area contributed by atoms with Gasteiger partial charge in [0.05, 0.1) is 17.3 Å². The molecule has 0 aliphatic heterocycles. The molecule has 1 aromatic carbocycles. The van der Waals surface area contributed by atoms with Crippen molar-refractivity contribution in [2.24, 2.45) is 11.7 Å². The summed E-state index contributed by atoms with van der Waals surface area (Å²) in [4.78, 5) is 11.6. The van der Waals surface area contributed by atoms with Gasteiger partial charge in [-0.2, -0.15) is 13.2 Å². The molecule has 0 bridgehead atoms. The number of hydrogen-bond donors (Lipinski definition) is 2. The number of anilines is 1. The summed E-state index contributed by atoms with van der Waals surface area (Å²) < 4.78 is 50.8. The molecule has 0 fully saturated rings. The van der Waals surface area contributed by atoms with Gasteiger partial charge in [0.2, 0.25) is 5.91 Å². The molecule has 1 unspecified atom stereocenters. The lowest BCUT2D eigenvalue weighted by molar-refractivity contribution is -0.137. The molecule has 1 aromatic rings. The molecule has 0 aromatic heterocycles. The number of hydrogen-bond acceptors (Lipinski definition) is 2. The van der Waals surface area contributed by atoms with E-state index in [1.807, 2.05) is 0 Å². The van der Waals surface area contributed by atoms with E-state index in [2.05, 4.69) is 5.32 Å². The minimum Gasteiger partial charge on any atom is -0.322 e. The summed E-state index contributed by atoms with van der Waals surface area (Å²) in [6, 6.07) is 0.876. The number of alkyl halides is 3. The molecular weight excluding hydrogens is 264 g/mol. The molecule has 0 heterocycles. The lowest BCUT2D eigenvalue weighted by Crippen LogP contribution is -2.40. The second-order valence-corrected chi connectivity index (χ2v) is 4.45. The molecule has 0 saturated heterocycles. The third kappa shape index (κ3) is 3.92. The molecule has 0 spiro atoms. The molecule has 1 amide bonds. The van der Waals surface area contributed by atoms with Crippen molar-refractivity contribution in [2.45, 2.75) is 26.1 Å². The quantitative estimate of drug-likeness (QED) is 0.835. The van der Waals surface area contributed by atoms with Crippen molar-refractivity contribution >= 4 is 11.6 Å². The summed E-state index contributed by atoms with van der Waals surface area (Å²) in [5.74, 6) is -1.89. The fourth-order valence-corrected chi connectivity index (χ4v) is 1.32. The SMILES string of the molecule is CC(C)C(N)C(=O)Nc1cc(C(F)(F)F)ccc1F. The smallest absolute Gasteiger partial charge is 0.322 e. The highest BCUT2D eigenvalue weighted by molar-refractivity contribution is 5.95. The molecule has 7 heteroatoms. The van der Waals surface area contributed by atoms with Gasteiger partial charge in [-0.25, -0.2) is 4.39 Å². The number of carbonyl (C=O) groups excluding carboxylic acids is 1. The van der Waals surface area contributed by atoms with E-state index >= 15 is 0 Å². The van der Waals surface area contributed by atoms with Crippen LogP contribution in [0, 0.1) is 11.7 Å². The summed E-state index contributed by atoms with van der Waals surface area (Å²) >= 11 is 0. The topological polar surface area (TPSA) is 55.1 Å². The second kappa shape index (κ2) is 5.56. The summed E-state index contributed by atoms with van der Waals surface area (Å²) in [7, 11) is 0. The Bertz CT molecular complexity index is 471. The molecule has 19 heavy (non-hydrogen) atoms. The number of carbonyl (C=O) groups is 1. The Hall–Kier alpha value is -1.63. The summed E-state index contributed by atoms with van der Waals surface area (Å²) in [6.45, 7) is 3.35. The van der Waals surface area contributed by atoms with Crippen LogP contribution in [0.3, 0.4) is 0 Å². The predicted octanol–water partition coefficient (Wildman–Crippen LogP) is 2.77. The molecule has 0 aliphatic carbocycles. The fraction of sp³-hybridized carbons (Fsp3) is 0.417. The molecule has 0 aliphatic rings. The van der Waals surface area contributed by atoms with Gasteiger partial charge in [-0.1, -0.05) is 13.8 Å². The highest BCUT2D eigenvalue weighted by Crippen LogP contribution is 2.31. The molecule has 1 rings (SSSR count). The van der Waals surface area contributed by atoms with Crippen LogP contribution in [-0.2, 0) is 11.0 Å². The zero-order chi connectivity index (χ0) is 14.8. The molecular formula is C12H14F4N2O. The van der Waals surface area contributed by atoms with Gasteiger partial charge < -0.3 is 11.1 Å². The molecule has 3 N–H and O–H groups in total. The van der Waals surface area contributed by atoms with E-state index in [0.717, 1.165) is 0 Å². The van der Waals surface area contributed by atoms with Crippen molar-refractivity contribution in [3.8, 4) is 0 Å². The van der Waals surface area contributed by atoms with E-state index in [4.69, 9.17) is 5.73 Å². The van der Waals surface area contributed by atoms with E-state index in [1.165, 1.54) is 0 Å². The Balaban J connectivity index is 2.98. The maximum atomic E-state index is 13.4. The standard InChI is InChI=1S/C12H14F4N2O/c1-6(2)10(17)11(19)18-9-5-7(12(14,15)16)3-4-8(9)13/h3-6,10H,17H2,1-2H3,(H,18,19). The Kier molecular flexibility index (Phi) is 4.52. The van der Waals surface area contributed by atoms with Gasteiger partial charge in [0.25, 0.3) is 0 Å². The Morgan fingerprint density at radius 3 is 2.37 bits per heavy atom. The number of rotatable bonds is 3. The van der Waals surface area contributed by atoms with Crippen molar-refractivity contribution < 1.29 is 22.4 Å². The van der Waals surface area contributed by atoms with Crippen LogP contribution in [0.5, 0.6) is 0 Å². The highest BCUT2D eigenvalue weighted by Gasteiger charge is 2.31. The summed E-state index contributed by atoms with van der Waals surface area (Å²) in [5, 5.41) is 2.06. The van der Waals surface area contributed by atoms with Gasteiger partial charge in [-0.05, 0) is 24.1 Å². The molecule has 1 atom stereocenters. The predicted molar refractivity (Wildman–Crippen MR) is 62.8 cm³/mol. The molecule has 106 valence electrons. The largest absolute Gasteiger partial charge is 0.416 e. The lowest BCUT2D eigenvalue weighted by atomic mass is 10.0. The second-order valence-electron chi connectivity index (χ2n) is 4.45. The van der Waals surface area contributed by atoms with Gasteiger partial charge in [-0.3, -0.25) is 4.79 Å². The number of nitrogens with one attached hydrogen (secondary N) is 1. The van der Waals surface area contributed by atoms with Gasteiger partial charge in [0.15, 0.2) is 0 Å². The van der Waals surface area contributed by atoms with Crippen molar-refractivity contribution in [3.63, 3.8) is 0 Å². The van der Waals surface area contributed by atoms with E-state index in [9.17, 15) is 22.4 Å². The average molecular weight is 278 g/mol. The normalized spacial score (nSPS) is 13.5. The zero-order valence-corrected chi connectivity index (χ0v) is 10.4. The molecule has 0 radical (unpaired) electrons. The number of amides is 1. The van der Waals surface area contributed by atoms with Crippen LogP contribution in [-0.4, -0.2) is 11.9 Å². The van der Waals surface area contributed by atoms with E-state index in [-0.39, 0.29) is 5.92 Å².